The third-order valence-electron chi connectivity index (χ3n) is 9.43. The number of hydrogen-bond donors (Lipinski definition) is 1. The second-order valence-electron chi connectivity index (χ2n) is 11.7. The number of fused-ring (bicyclic) bond motifs is 1. The lowest BCUT2D eigenvalue weighted by Crippen LogP contribution is -2.52. The highest BCUT2D eigenvalue weighted by Crippen LogP contribution is 2.43. The van der Waals surface area contributed by atoms with Crippen molar-refractivity contribution < 1.29 is 28.8 Å². The maximum Gasteiger partial charge on any atom is 0.310 e. The minimum Gasteiger partial charge on any atom is -0.490 e. The number of nitro groups is 1. The first kappa shape index (κ1) is 27.7. The highest BCUT2D eigenvalue weighted by molar-refractivity contribution is 6.05. The van der Waals surface area contributed by atoms with E-state index < -0.39 is 16.9 Å². The molecule has 1 spiro atoms. The number of methoxy groups -OCH3 is 1. The highest BCUT2D eigenvalue weighted by atomic mass is 16.6. The van der Waals surface area contributed by atoms with Gasteiger partial charge in [0.25, 0.3) is 11.8 Å². The van der Waals surface area contributed by atoms with Crippen molar-refractivity contribution in [2.24, 2.45) is 5.41 Å². The van der Waals surface area contributed by atoms with Crippen LogP contribution in [0, 0.1) is 15.5 Å². The topological polar surface area (TPSA) is 142 Å². The van der Waals surface area contributed by atoms with E-state index in [0.717, 1.165) is 50.0 Å². The fraction of sp³-hybridized carbons (Fsp3) is 0.467. The molecule has 2 aromatic carbocycles. The molecule has 4 amide bonds. The molecule has 2 aromatic rings. The molecule has 3 saturated heterocycles. The Morgan fingerprint density at radius 1 is 1.02 bits per heavy atom. The lowest BCUT2D eigenvalue weighted by atomic mass is 9.71. The number of nitrogens with zero attached hydrogens (tertiary/aromatic N) is 4. The largest absolute Gasteiger partial charge is 0.490 e. The molecule has 12 heteroatoms. The Balaban J connectivity index is 1.05. The Morgan fingerprint density at radius 3 is 2.40 bits per heavy atom. The summed E-state index contributed by atoms with van der Waals surface area (Å²) in [4.78, 5) is 66.5. The molecule has 220 valence electrons. The van der Waals surface area contributed by atoms with Crippen LogP contribution in [0.5, 0.6) is 5.75 Å². The van der Waals surface area contributed by atoms with Crippen LogP contribution in [-0.4, -0.2) is 77.7 Å². The van der Waals surface area contributed by atoms with Crippen LogP contribution in [0.3, 0.4) is 0 Å². The van der Waals surface area contributed by atoms with E-state index in [1.54, 1.807) is 4.90 Å². The summed E-state index contributed by atoms with van der Waals surface area (Å²) in [5.41, 5.74) is 2.95. The zero-order valence-electron chi connectivity index (χ0n) is 23.5. The van der Waals surface area contributed by atoms with Gasteiger partial charge in [-0.15, -0.1) is 0 Å². The van der Waals surface area contributed by atoms with Crippen LogP contribution in [0.25, 0.3) is 0 Å². The summed E-state index contributed by atoms with van der Waals surface area (Å²) in [6, 6.07) is 9.49. The van der Waals surface area contributed by atoms with Gasteiger partial charge in [-0.1, -0.05) is 0 Å². The molecule has 4 aliphatic rings. The Kier molecular flexibility index (Phi) is 7.07. The van der Waals surface area contributed by atoms with Gasteiger partial charge in [-0.25, -0.2) is 0 Å². The maximum atomic E-state index is 13.2. The summed E-state index contributed by atoms with van der Waals surface area (Å²) in [5, 5.41) is 13.5. The standard InChI is InChI=1S/C30H33N5O7/c1-42-25-17-19(2-5-23(25)35(40)41)28(38)33-14-10-30(11-15-33)8-12-32(13-9-30)21-3-4-22-20(16-21)18-34(29(22)39)24-6-7-26(36)31-27(24)37/h2-5,16-17,24H,6-15,18H2,1H3,(H,31,36,37). The Morgan fingerprint density at radius 2 is 1.74 bits per heavy atom. The minimum atomic E-state index is -0.624. The predicted octanol–water partition coefficient (Wildman–Crippen LogP) is 2.89. The number of benzene rings is 2. The van der Waals surface area contributed by atoms with Gasteiger partial charge in [0.1, 0.15) is 6.04 Å². The second kappa shape index (κ2) is 10.7. The molecule has 1 unspecified atom stereocenters. The van der Waals surface area contributed by atoms with Gasteiger partial charge in [-0.3, -0.25) is 34.6 Å². The molecule has 6 rings (SSSR count). The van der Waals surface area contributed by atoms with E-state index in [4.69, 9.17) is 4.74 Å². The number of hydrogen-bond acceptors (Lipinski definition) is 8. The van der Waals surface area contributed by atoms with Crippen molar-refractivity contribution in [3.8, 4) is 5.75 Å². The van der Waals surface area contributed by atoms with Crippen molar-refractivity contribution in [3.63, 3.8) is 0 Å². The molecule has 0 radical (unpaired) electrons. The van der Waals surface area contributed by atoms with Crippen LogP contribution in [0.2, 0.25) is 0 Å². The van der Waals surface area contributed by atoms with E-state index in [-0.39, 0.29) is 41.0 Å². The maximum absolute atomic E-state index is 13.2. The third-order valence-corrected chi connectivity index (χ3v) is 9.43. The number of piperidine rings is 3. The lowest BCUT2D eigenvalue weighted by Gasteiger charge is -2.47. The predicted molar refractivity (Wildman–Crippen MR) is 151 cm³/mol. The van der Waals surface area contributed by atoms with Gasteiger partial charge >= 0.3 is 5.69 Å². The fourth-order valence-corrected chi connectivity index (χ4v) is 6.83. The van der Waals surface area contributed by atoms with E-state index in [1.807, 2.05) is 17.0 Å². The molecule has 1 atom stereocenters. The average molecular weight is 576 g/mol. The van der Waals surface area contributed by atoms with Crippen molar-refractivity contribution in [1.29, 1.82) is 0 Å². The van der Waals surface area contributed by atoms with Crippen LogP contribution in [0.1, 0.15) is 64.8 Å². The Labute approximate surface area is 242 Å². The minimum absolute atomic E-state index is 0.0753. The summed E-state index contributed by atoms with van der Waals surface area (Å²) >= 11 is 0. The molecule has 3 fully saturated rings. The van der Waals surface area contributed by atoms with Crippen LogP contribution in [0.4, 0.5) is 11.4 Å². The molecule has 0 aliphatic carbocycles. The quantitative estimate of drug-likeness (QED) is 0.326. The number of anilines is 1. The first-order chi connectivity index (χ1) is 20.2. The second-order valence-corrected chi connectivity index (χ2v) is 11.7. The summed E-state index contributed by atoms with van der Waals surface area (Å²) < 4.78 is 5.13. The Bertz CT molecular complexity index is 1470. The molecule has 1 N–H and O–H groups in total. The van der Waals surface area contributed by atoms with Crippen molar-refractivity contribution >= 4 is 35.0 Å². The molecule has 0 saturated carbocycles. The van der Waals surface area contributed by atoms with Crippen molar-refractivity contribution in [1.82, 2.24) is 15.1 Å². The summed E-state index contributed by atoms with van der Waals surface area (Å²) in [7, 11) is 1.35. The Hall–Kier alpha value is -4.48. The lowest BCUT2D eigenvalue weighted by molar-refractivity contribution is -0.385. The summed E-state index contributed by atoms with van der Waals surface area (Å²) in [6.07, 6.45) is 4.37. The number of amides is 4. The van der Waals surface area contributed by atoms with E-state index in [1.165, 1.54) is 25.3 Å². The fourth-order valence-electron chi connectivity index (χ4n) is 6.83. The first-order valence-corrected chi connectivity index (χ1v) is 14.3. The number of imide groups is 1. The van der Waals surface area contributed by atoms with E-state index >= 15 is 0 Å². The first-order valence-electron chi connectivity index (χ1n) is 14.3. The van der Waals surface area contributed by atoms with Crippen LogP contribution < -0.4 is 15.0 Å². The van der Waals surface area contributed by atoms with Gasteiger partial charge in [0.05, 0.1) is 12.0 Å². The van der Waals surface area contributed by atoms with Crippen molar-refractivity contribution in [2.75, 3.05) is 38.2 Å². The monoisotopic (exact) mass is 575 g/mol. The van der Waals surface area contributed by atoms with Gasteiger partial charge in [-0.2, -0.15) is 0 Å². The number of nitro benzene ring substituents is 1. The SMILES string of the molecule is COc1cc(C(=O)N2CCC3(CC2)CCN(c2ccc4c(c2)CN(C2CCC(=O)NC2=O)C4=O)CC3)ccc1[N+](=O)[O-]. The van der Waals surface area contributed by atoms with Crippen LogP contribution in [0.15, 0.2) is 36.4 Å². The number of ether oxygens (including phenoxy) is 1. The van der Waals surface area contributed by atoms with E-state index in [2.05, 4.69) is 16.3 Å². The van der Waals surface area contributed by atoms with Crippen molar-refractivity contribution in [3.05, 3.63) is 63.2 Å². The zero-order valence-corrected chi connectivity index (χ0v) is 23.5. The molecule has 0 aromatic heterocycles. The van der Waals surface area contributed by atoms with Gasteiger partial charge < -0.3 is 19.4 Å². The van der Waals surface area contributed by atoms with Crippen LogP contribution in [-0.2, 0) is 16.1 Å². The molecular formula is C30H33N5O7. The molecule has 4 heterocycles. The summed E-state index contributed by atoms with van der Waals surface area (Å²) in [6.45, 7) is 3.37. The third kappa shape index (κ3) is 4.94. The number of carbonyl (C=O) groups is 4. The van der Waals surface area contributed by atoms with E-state index in [9.17, 15) is 29.3 Å². The molecule has 42 heavy (non-hydrogen) atoms. The van der Waals surface area contributed by atoms with Gasteiger partial charge in [0.2, 0.25) is 11.8 Å². The molecule has 12 nitrogen and oxygen atoms in total. The van der Waals surface area contributed by atoms with E-state index in [0.29, 0.717) is 37.2 Å². The molecular weight excluding hydrogens is 542 g/mol. The molecule has 0 bridgehead atoms. The smallest absolute Gasteiger partial charge is 0.310 e. The zero-order chi connectivity index (χ0) is 29.6. The van der Waals surface area contributed by atoms with Crippen LogP contribution >= 0.6 is 0 Å². The molecule has 4 aliphatic heterocycles. The van der Waals surface area contributed by atoms with Gasteiger partial charge in [-0.05, 0) is 67.3 Å². The highest BCUT2D eigenvalue weighted by Gasteiger charge is 2.41. The average Bonchev–Trinajstić information content (AvgIpc) is 3.32. The number of rotatable bonds is 5. The summed E-state index contributed by atoms with van der Waals surface area (Å²) in [5.74, 6) is -0.944. The number of carbonyl (C=O) groups excluding carboxylic acids is 4. The number of likely N-dealkylation sites (tertiary alicyclic amines) is 1. The van der Waals surface area contributed by atoms with Gasteiger partial charge in [0.15, 0.2) is 5.75 Å². The van der Waals surface area contributed by atoms with Crippen molar-refractivity contribution in [2.45, 2.75) is 51.1 Å². The normalized spacial score (nSPS) is 21.8. The number of nitrogens with one attached hydrogen (secondary N) is 1. The van der Waals surface area contributed by atoms with Gasteiger partial charge in [0, 0.05) is 68.1 Å².